The minimum absolute atomic E-state index is 0.0866. The maximum absolute atomic E-state index is 14.2. The summed E-state index contributed by atoms with van der Waals surface area (Å²) in [5.41, 5.74) is 3.76. The van der Waals surface area contributed by atoms with Gasteiger partial charge in [-0.15, -0.1) is 0 Å². The van der Waals surface area contributed by atoms with E-state index in [2.05, 4.69) is 33.2 Å². The van der Waals surface area contributed by atoms with Crippen LogP contribution in [0.3, 0.4) is 0 Å². The normalized spacial score (nSPS) is 19.8. The molecule has 0 radical (unpaired) electrons. The lowest BCUT2D eigenvalue weighted by Gasteiger charge is -2.37. The predicted octanol–water partition coefficient (Wildman–Crippen LogP) is 5.86. The van der Waals surface area contributed by atoms with Gasteiger partial charge in [0.15, 0.2) is 5.82 Å². The standard InChI is InChI=1S/C40H41N7O5S/c1-26-20-30(12-15-40(26,4)53(50,51)47-17-14-28-13-16-41-38(48)35(28)47)29-10-11-33-32(21-29)37(46-18-19-52-24-34(46)27-8-6-5-7-9-27)44-36(43-33)31-22-42-45(23-31)25-39(2,3)49/h5-14,16-17,20-23,34,49H,15,18-19,24-25H2,1-4H3,(H,41,48)/t34?,40-/m0/s1. The molecule has 0 spiro atoms. The third kappa shape index (κ3) is 6.18. The van der Waals surface area contributed by atoms with Crippen molar-refractivity contribution in [2.75, 3.05) is 24.7 Å². The molecule has 2 aromatic carbocycles. The van der Waals surface area contributed by atoms with E-state index in [0.29, 0.717) is 43.1 Å². The van der Waals surface area contributed by atoms with Crippen LogP contribution in [0.4, 0.5) is 5.82 Å². The summed E-state index contributed by atoms with van der Waals surface area (Å²) in [6, 6.07) is 19.5. The lowest BCUT2D eigenvalue weighted by molar-refractivity contribution is 0.0577. The fourth-order valence-corrected chi connectivity index (χ4v) is 9.16. The molecule has 272 valence electrons. The number of aromatic amines is 1. The summed E-state index contributed by atoms with van der Waals surface area (Å²) in [5.74, 6) is 1.28. The Hall–Kier alpha value is -5.37. The molecule has 1 aliphatic carbocycles. The Bertz CT molecular complexity index is 2600. The van der Waals surface area contributed by atoms with Gasteiger partial charge in [-0.25, -0.2) is 22.4 Å². The SMILES string of the molecule is CC1=CC(c2ccc3nc(-c4cnn(CC(C)(C)O)c4)nc(N4CCOCC4c4ccccc4)c3c2)=CC[C@]1(C)S(=O)(=O)n1ccc2cc[nH]c(=O)c21. The molecular weight excluding hydrogens is 691 g/mol. The number of benzene rings is 2. The zero-order valence-corrected chi connectivity index (χ0v) is 30.8. The Morgan fingerprint density at radius 3 is 2.66 bits per heavy atom. The van der Waals surface area contributed by atoms with E-state index in [4.69, 9.17) is 14.7 Å². The van der Waals surface area contributed by atoms with Gasteiger partial charge in [-0.1, -0.05) is 48.6 Å². The van der Waals surface area contributed by atoms with Gasteiger partial charge >= 0.3 is 0 Å². The van der Waals surface area contributed by atoms with Gasteiger partial charge in [0.05, 0.1) is 48.7 Å². The second-order valence-corrected chi connectivity index (χ2v) is 16.9. The van der Waals surface area contributed by atoms with Crippen molar-refractivity contribution in [3.05, 3.63) is 125 Å². The van der Waals surface area contributed by atoms with Gasteiger partial charge in [-0.2, -0.15) is 5.10 Å². The lowest BCUT2D eigenvalue weighted by atomic mass is 9.87. The van der Waals surface area contributed by atoms with E-state index in [-0.39, 0.29) is 18.0 Å². The molecule has 1 fully saturated rings. The number of aliphatic hydroxyl groups is 1. The Labute approximate surface area is 307 Å². The molecule has 12 nitrogen and oxygen atoms in total. The van der Waals surface area contributed by atoms with Gasteiger partial charge in [0.2, 0.25) is 10.0 Å². The third-order valence-corrected chi connectivity index (χ3v) is 12.8. The van der Waals surface area contributed by atoms with Gasteiger partial charge < -0.3 is 19.7 Å². The second-order valence-electron chi connectivity index (χ2n) is 14.7. The van der Waals surface area contributed by atoms with Gasteiger partial charge in [0.1, 0.15) is 16.1 Å². The monoisotopic (exact) mass is 731 g/mol. The highest BCUT2D eigenvalue weighted by atomic mass is 32.2. The van der Waals surface area contributed by atoms with E-state index in [0.717, 1.165) is 43.0 Å². The molecule has 2 N–H and O–H groups in total. The van der Waals surface area contributed by atoms with Crippen LogP contribution in [0.15, 0.2) is 108 Å². The van der Waals surface area contributed by atoms with Crippen LogP contribution in [0.1, 0.15) is 51.3 Å². The molecule has 13 heteroatoms. The maximum Gasteiger partial charge on any atom is 0.273 e. The van der Waals surface area contributed by atoms with Crippen LogP contribution in [-0.2, 0) is 21.3 Å². The first-order chi connectivity index (χ1) is 25.3. The summed E-state index contributed by atoms with van der Waals surface area (Å²) in [6.45, 7) is 8.99. The number of nitrogens with one attached hydrogen (secondary N) is 1. The number of morpholine rings is 1. The van der Waals surface area contributed by atoms with E-state index in [1.807, 2.05) is 55.6 Å². The topological polar surface area (TPSA) is 148 Å². The summed E-state index contributed by atoms with van der Waals surface area (Å²) >= 11 is 0. The molecule has 2 aliphatic rings. The van der Waals surface area contributed by atoms with Crippen molar-refractivity contribution < 1.29 is 18.3 Å². The Morgan fingerprint density at radius 2 is 1.89 bits per heavy atom. The Balaban J connectivity index is 1.21. The number of rotatable bonds is 8. The molecule has 5 heterocycles. The third-order valence-electron chi connectivity index (χ3n) is 10.4. The van der Waals surface area contributed by atoms with E-state index >= 15 is 0 Å². The van der Waals surface area contributed by atoms with Crippen molar-refractivity contribution in [3.8, 4) is 11.4 Å². The van der Waals surface area contributed by atoms with Crippen LogP contribution in [0.5, 0.6) is 0 Å². The number of fused-ring (bicyclic) bond motifs is 2. The van der Waals surface area contributed by atoms with Crippen molar-refractivity contribution in [2.45, 2.75) is 57.1 Å². The van der Waals surface area contributed by atoms with Crippen LogP contribution in [0, 0.1) is 0 Å². The van der Waals surface area contributed by atoms with Crippen LogP contribution < -0.4 is 10.5 Å². The molecule has 0 saturated carbocycles. The van der Waals surface area contributed by atoms with Gasteiger partial charge in [-0.3, -0.25) is 9.48 Å². The summed E-state index contributed by atoms with van der Waals surface area (Å²) in [7, 11) is -4.03. The molecule has 2 atom stereocenters. The molecular formula is C40H41N7O5S. The average molecular weight is 732 g/mol. The van der Waals surface area contributed by atoms with Crippen LogP contribution >= 0.6 is 0 Å². The molecule has 1 saturated heterocycles. The number of nitrogens with zero attached hydrogens (tertiary/aromatic N) is 6. The van der Waals surface area contributed by atoms with Crippen molar-refractivity contribution in [1.29, 1.82) is 0 Å². The molecule has 1 aliphatic heterocycles. The number of H-pyrrole nitrogens is 1. The number of aromatic nitrogens is 6. The number of allylic oxidation sites excluding steroid dienone is 3. The fourth-order valence-electron chi connectivity index (χ4n) is 7.32. The van der Waals surface area contributed by atoms with E-state index in [1.54, 1.807) is 43.8 Å². The zero-order valence-electron chi connectivity index (χ0n) is 30.0. The number of ether oxygens (including phenoxy) is 1. The van der Waals surface area contributed by atoms with Gasteiger partial charge in [0.25, 0.3) is 5.56 Å². The lowest BCUT2D eigenvalue weighted by Crippen LogP contribution is -2.41. The first kappa shape index (κ1) is 34.7. The molecule has 0 amide bonds. The largest absolute Gasteiger partial charge is 0.389 e. The maximum atomic E-state index is 14.2. The van der Waals surface area contributed by atoms with E-state index < -0.39 is 25.9 Å². The van der Waals surface area contributed by atoms with E-state index in [1.165, 1.54) is 12.4 Å². The van der Waals surface area contributed by atoms with Crippen molar-refractivity contribution in [3.63, 3.8) is 0 Å². The molecule has 0 bridgehead atoms. The minimum atomic E-state index is -4.03. The number of anilines is 1. The zero-order chi connectivity index (χ0) is 37.1. The molecule has 1 unspecified atom stereocenters. The molecule has 8 rings (SSSR count). The first-order valence-corrected chi connectivity index (χ1v) is 19.1. The van der Waals surface area contributed by atoms with E-state index in [9.17, 15) is 18.3 Å². The average Bonchev–Trinajstić information content (AvgIpc) is 3.80. The van der Waals surface area contributed by atoms with Crippen LogP contribution in [0.2, 0.25) is 0 Å². The van der Waals surface area contributed by atoms with Gasteiger partial charge in [0, 0.05) is 35.9 Å². The van der Waals surface area contributed by atoms with Crippen molar-refractivity contribution in [1.82, 2.24) is 28.7 Å². The number of hydrogen-bond acceptors (Lipinski definition) is 9. The van der Waals surface area contributed by atoms with Gasteiger partial charge in [-0.05, 0) is 80.7 Å². The Morgan fingerprint density at radius 1 is 1.08 bits per heavy atom. The predicted molar refractivity (Wildman–Crippen MR) is 206 cm³/mol. The quantitative estimate of drug-likeness (QED) is 0.197. The summed E-state index contributed by atoms with van der Waals surface area (Å²) in [5, 5.41) is 16.3. The van der Waals surface area contributed by atoms with Crippen molar-refractivity contribution in [2.24, 2.45) is 0 Å². The van der Waals surface area contributed by atoms with Crippen LogP contribution in [0.25, 0.3) is 38.8 Å². The van der Waals surface area contributed by atoms with Crippen molar-refractivity contribution >= 4 is 43.2 Å². The minimum Gasteiger partial charge on any atom is -0.389 e. The number of hydrogen-bond donors (Lipinski definition) is 2. The highest BCUT2D eigenvalue weighted by molar-refractivity contribution is 7.91. The molecule has 4 aromatic heterocycles. The smallest absolute Gasteiger partial charge is 0.273 e. The molecule has 6 aromatic rings. The molecule has 53 heavy (non-hydrogen) atoms. The van der Waals surface area contributed by atoms with Crippen LogP contribution in [-0.4, -0.2) is 72.3 Å². The Kier molecular flexibility index (Phi) is 8.47. The second kappa shape index (κ2) is 12.9. The summed E-state index contributed by atoms with van der Waals surface area (Å²) < 4.78 is 36.0. The highest BCUT2D eigenvalue weighted by Gasteiger charge is 2.43. The number of pyridine rings is 1. The highest BCUT2D eigenvalue weighted by Crippen LogP contribution is 2.41. The fraction of sp³-hybridized carbons (Fsp3) is 0.300. The summed E-state index contributed by atoms with van der Waals surface area (Å²) in [4.78, 5) is 27.8. The summed E-state index contributed by atoms with van der Waals surface area (Å²) in [6.07, 6.45) is 10.6. The first-order valence-electron chi connectivity index (χ1n) is 17.6.